The third-order valence-corrected chi connectivity index (χ3v) is 1.17. The quantitative estimate of drug-likeness (QED) is 0.505. The van der Waals surface area contributed by atoms with Crippen LogP contribution in [0, 0.1) is 0 Å². The first kappa shape index (κ1) is 7.66. The average molecular weight is 114 g/mol. The van der Waals surface area contributed by atoms with E-state index in [0.29, 0.717) is 0 Å². The van der Waals surface area contributed by atoms with Gasteiger partial charge in [-0.3, -0.25) is 0 Å². The van der Waals surface area contributed by atoms with Crippen LogP contribution in [0.4, 0.5) is 0 Å². The van der Waals surface area contributed by atoms with E-state index >= 15 is 0 Å². The standard InChI is InChI=1S/C6H14N2/c1-4(5(2)7)6(3)8/h5-6H,1,7-8H2,2-3H3. The molecule has 0 aliphatic carbocycles. The maximum atomic E-state index is 5.46. The molecule has 0 aliphatic rings. The molecule has 0 rings (SSSR count). The van der Waals surface area contributed by atoms with Crippen LogP contribution in [0.5, 0.6) is 0 Å². The Hall–Kier alpha value is -0.340. The summed E-state index contributed by atoms with van der Waals surface area (Å²) in [5.74, 6) is 0. The molecule has 0 saturated carbocycles. The van der Waals surface area contributed by atoms with Gasteiger partial charge < -0.3 is 11.5 Å². The molecule has 0 fully saturated rings. The summed E-state index contributed by atoms with van der Waals surface area (Å²) in [4.78, 5) is 0. The molecule has 2 atom stereocenters. The lowest BCUT2D eigenvalue weighted by atomic mass is 10.1. The highest BCUT2D eigenvalue weighted by Gasteiger charge is 2.03. The molecule has 4 N–H and O–H groups in total. The van der Waals surface area contributed by atoms with Gasteiger partial charge in [-0.1, -0.05) is 6.58 Å². The number of hydrogen-bond acceptors (Lipinski definition) is 2. The van der Waals surface area contributed by atoms with Crippen LogP contribution in [0.2, 0.25) is 0 Å². The number of hydrogen-bond donors (Lipinski definition) is 2. The third-order valence-electron chi connectivity index (χ3n) is 1.17. The fourth-order valence-corrected chi connectivity index (χ4v) is 0.415. The fourth-order valence-electron chi connectivity index (χ4n) is 0.415. The molecule has 0 amide bonds. The summed E-state index contributed by atoms with van der Waals surface area (Å²) in [6.45, 7) is 7.46. The minimum Gasteiger partial charge on any atom is -0.324 e. The van der Waals surface area contributed by atoms with Crippen molar-refractivity contribution in [3.05, 3.63) is 12.2 Å². The van der Waals surface area contributed by atoms with Gasteiger partial charge in [-0.15, -0.1) is 0 Å². The summed E-state index contributed by atoms with van der Waals surface area (Å²) < 4.78 is 0. The minimum atomic E-state index is 0.0231. The Bertz CT molecular complexity index is 74.5. The van der Waals surface area contributed by atoms with Crippen molar-refractivity contribution in [2.75, 3.05) is 0 Å². The molecule has 48 valence electrons. The predicted octanol–water partition coefficient (Wildman–Crippen LogP) is 0.237. The van der Waals surface area contributed by atoms with Crippen LogP contribution in [-0.2, 0) is 0 Å². The van der Waals surface area contributed by atoms with Crippen LogP contribution in [0.15, 0.2) is 12.2 Å². The Morgan fingerprint density at radius 2 is 1.50 bits per heavy atom. The van der Waals surface area contributed by atoms with Crippen molar-refractivity contribution >= 4 is 0 Å². The van der Waals surface area contributed by atoms with Gasteiger partial charge in [-0.05, 0) is 19.4 Å². The van der Waals surface area contributed by atoms with Crippen molar-refractivity contribution in [2.24, 2.45) is 11.5 Å². The zero-order valence-electron chi connectivity index (χ0n) is 5.52. The van der Waals surface area contributed by atoms with Crippen LogP contribution in [0.3, 0.4) is 0 Å². The van der Waals surface area contributed by atoms with E-state index < -0.39 is 0 Å². The van der Waals surface area contributed by atoms with E-state index in [1.807, 2.05) is 13.8 Å². The van der Waals surface area contributed by atoms with Gasteiger partial charge >= 0.3 is 0 Å². The third kappa shape index (κ3) is 2.09. The van der Waals surface area contributed by atoms with E-state index in [0.717, 1.165) is 5.57 Å². The summed E-state index contributed by atoms with van der Waals surface area (Å²) in [6, 6.07) is 0.0463. The smallest absolute Gasteiger partial charge is 0.0237 e. The highest BCUT2D eigenvalue weighted by Crippen LogP contribution is 1.98. The first-order chi connectivity index (χ1) is 3.55. The zero-order valence-corrected chi connectivity index (χ0v) is 5.52. The molecule has 2 heteroatoms. The van der Waals surface area contributed by atoms with Crippen molar-refractivity contribution in [2.45, 2.75) is 25.9 Å². The van der Waals surface area contributed by atoms with E-state index in [2.05, 4.69) is 6.58 Å². The van der Waals surface area contributed by atoms with Crippen LogP contribution in [0.1, 0.15) is 13.8 Å². The molecule has 0 aromatic rings. The van der Waals surface area contributed by atoms with Crippen molar-refractivity contribution in [1.29, 1.82) is 0 Å². The lowest BCUT2D eigenvalue weighted by Crippen LogP contribution is -2.29. The lowest BCUT2D eigenvalue weighted by Gasteiger charge is -2.11. The van der Waals surface area contributed by atoms with Crippen LogP contribution >= 0.6 is 0 Å². The Morgan fingerprint density at radius 1 is 1.25 bits per heavy atom. The summed E-state index contributed by atoms with van der Waals surface area (Å²) in [7, 11) is 0. The van der Waals surface area contributed by atoms with Gasteiger partial charge in [0.05, 0.1) is 0 Å². The van der Waals surface area contributed by atoms with Crippen LogP contribution in [0.25, 0.3) is 0 Å². The molecule has 2 nitrogen and oxygen atoms in total. The molecule has 0 radical (unpaired) electrons. The average Bonchev–Trinajstić information content (AvgIpc) is 1.64. The summed E-state index contributed by atoms with van der Waals surface area (Å²) in [5, 5.41) is 0. The second-order valence-corrected chi connectivity index (χ2v) is 2.15. The van der Waals surface area contributed by atoms with Crippen molar-refractivity contribution in [3.8, 4) is 0 Å². The molecule has 8 heavy (non-hydrogen) atoms. The molecule has 0 bridgehead atoms. The highest BCUT2D eigenvalue weighted by atomic mass is 14.7. The molecule has 0 heterocycles. The summed E-state index contributed by atoms with van der Waals surface area (Å²) >= 11 is 0. The Balaban J connectivity index is 3.65. The molecule has 0 aromatic heterocycles. The Kier molecular flexibility index (Phi) is 2.72. The first-order valence-electron chi connectivity index (χ1n) is 2.75. The topological polar surface area (TPSA) is 52.0 Å². The predicted molar refractivity (Wildman–Crippen MR) is 36.4 cm³/mol. The van der Waals surface area contributed by atoms with E-state index in [1.54, 1.807) is 0 Å². The Morgan fingerprint density at radius 3 is 1.50 bits per heavy atom. The number of nitrogens with two attached hydrogens (primary N) is 2. The maximum absolute atomic E-state index is 5.46. The zero-order chi connectivity index (χ0) is 6.73. The van der Waals surface area contributed by atoms with E-state index in [9.17, 15) is 0 Å². The van der Waals surface area contributed by atoms with Gasteiger partial charge in [0.2, 0.25) is 0 Å². The van der Waals surface area contributed by atoms with E-state index in [-0.39, 0.29) is 12.1 Å². The van der Waals surface area contributed by atoms with Crippen molar-refractivity contribution in [3.63, 3.8) is 0 Å². The monoisotopic (exact) mass is 114 g/mol. The Labute approximate surface area is 50.6 Å². The molecular formula is C6H14N2. The molecular weight excluding hydrogens is 100 g/mol. The van der Waals surface area contributed by atoms with Crippen molar-refractivity contribution < 1.29 is 0 Å². The van der Waals surface area contributed by atoms with Gasteiger partial charge in [0.15, 0.2) is 0 Å². The van der Waals surface area contributed by atoms with E-state index in [4.69, 9.17) is 11.5 Å². The molecule has 0 saturated heterocycles. The second-order valence-electron chi connectivity index (χ2n) is 2.15. The van der Waals surface area contributed by atoms with Crippen molar-refractivity contribution in [1.82, 2.24) is 0 Å². The summed E-state index contributed by atoms with van der Waals surface area (Å²) in [5.41, 5.74) is 11.8. The van der Waals surface area contributed by atoms with Gasteiger partial charge in [-0.25, -0.2) is 0 Å². The summed E-state index contributed by atoms with van der Waals surface area (Å²) in [6.07, 6.45) is 0. The lowest BCUT2D eigenvalue weighted by molar-refractivity contribution is 0.739. The highest BCUT2D eigenvalue weighted by molar-refractivity contribution is 5.08. The SMILES string of the molecule is C=C(C(C)N)C(C)N. The van der Waals surface area contributed by atoms with Crippen LogP contribution < -0.4 is 11.5 Å². The van der Waals surface area contributed by atoms with Crippen LogP contribution in [-0.4, -0.2) is 12.1 Å². The number of rotatable bonds is 2. The molecule has 0 aliphatic heterocycles. The normalized spacial score (nSPS) is 17.5. The maximum Gasteiger partial charge on any atom is 0.0237 e. The fraction of sp³-hybridized carbons (Fsp3) is 0.667. The minimum absolute atomic E-state index is 0.0231. The van der Waals surface area contributed by atoms with Gasteiger partial charge in [0, 0.05) is 12.1 Å². The van der Waals surface area contributed by atoms with Gasteiger partial charge in [0.25, 0.3) is 0 Å². The molecule has 0 spiro atoms. The largest absolute Gasteiger partial charge is 0.324 e. The molecule has 2 unspecified atom stereocenters. The molecule has 0 aromatic carbocycles. The first-order valence-corrected chi connectivity index (χ1v) is 2.75. The van der Waals surface area contributed by atoms with Gasteiger partial charge in [0.1, 0.15) is 0 Å². The van der Waals surface area contributed by atoms with Gasteiger partial charge in [-0.2, -0.15) is 0 Å². The van der Waals surface area contributed by atoms with E-state index in [1.165, 1.54) is 0 Å². The second kappa shape index (κ2) is 2.84.